The first-order valence-electron chi connectivity index (χ1n) is 10.7. The van der Waals surface area contributed by atoms with E-state index in [4.69, 9.17) is 4.42 Å². The number of imide groups is 2. The highest BCUT2D eigenvalue weighted by Gasteiger charge is 2.37. The highest BCUT2D eigenvalue weighted by Crippen LogP contribution is 2.47. The van der Waals surface area contributed by atoms with Gasteiger partial charge in [0.25, 0.3) is 23.6 Å². The van der Waals surface area contributed by atoms with Gasteiger partial charge < -0.3 is 4.42 Å². The first-order valence-corrected chi connectivity index (χ1v) is 12.4. The van der Waals surface area contributed by atoms with Crippen molar-refractivity contribution in [2.24, 2.45) is 0 Å². The highest BCUT2D eigenvalue weighted by molar-refractivity contribution is 7.30. The molecule has 0 saturated heterocycles. The summed E-state index contributed by atoms with van der Waals surface area (Å²) in [5.74, 6) is -1.22. The topological polar surface area (TPSA) is 87.9 Å². The van der Waals surface area contributed by atoms with Gasteiger partial charge >= 0.3 is 0 Å². The van der Waals surface area contributed by atoms with Crippen molar-refractivity contribution in [2.75, 3.05) is 14.1 Å². The molecule has 0 aliphatic carbocycles. The van der Waals surface area contributed by atoms with Crippen LogP contribution in [-0.4, -0.2) is 47.5 Å². The molecule has 3 aromatic heterocycles. The van der Waals surface area contributed by atoms with Gasteiger partial charge in [-0.25, -0.2) is 0 Å². The molecule has 2 aliphatic heterocycles. The van der Waals surface area contributed by atoms with Crippen molar-refractivity contribution in [1.82, 2.24) is 9.80 Å². The van der Waals surface area contributed by atoms with E-state index in [-0.39, 0.29) is 23.6 Å². The van der Waals surface area contributed by atoms with Crippen LogP contribution in [0, 0.1) is 0 Å². The summed E-state index contributed by atoms with van der Waals surface area (Å²) in [6, 6.07) is 14.4. The molecule has 2 aliphatic rings. The summed E-state index contributed by atoms with van der Waals surface area (Å²) in [4.78, 5) is 54.2. The molecule has 7 rings (SSSR count). The lowest BCUT2D eigenvalue weighted by molar-refractivity contribution is 0.0678. The normalized spacial score (nSPS) is 15.3. The lowest BCUT2D eigenvalue weighted by atomic mass is 10.0. The molecule has 4 amide bonds. The summed E-state index contributed by atoms with van der Waals surface area (Å²) in [5, 5.41) is 0. The Bertz CT molecular complexity index is 1690. The molecule has 0 fully saturated rings. The van der Waals surface area contributed by atoms with Crippen LogP contribution in [0.5, 0.6) is 0 Å². The molecule has 0 N–H and O–H groups in total. The van der Waals surface area contributed by atoms with Crippen LogP contribution in [0.15, 0.2) is 52.9 Å². The largest absolute Gasteiger partial charge is 0.454 e. The van der Waals surface area contributed by atoms with Crippen molar-refractivity contribution in [3.63, 3.8) is 0 Å². The van der Waals surface area contributed by atoms with Gasteiger partial charge in [-0.2, -0.15) is 0 Å². The van der Waals surface area contributed by atoms with E-state index in [1.807, 2.05) is 24.3 Å². The molecule has 0 spiro atoms. The van der Waals surface area contributed by atoms with Crippen LogP contribution >= 0.6 is 22.7 Å². The Labute approximate surface area is 205 Å². The fourth-order valence-corrected chi connectivity index (χ4v) is 7.19. The Morgan fingerprint density at radius 1 is 0.600 bits per heavy atom. The van der Waals surface area contributed by atoms with Crippen molar-refractivity contribution >= 4 is 66.9 Å². The summed E-state index contributed by atoms with van der Waals surface area (Å²) in [6.07, 6.45) is 0. The maximum Gasteiger partial charge on any atom is 0.261 e. The summed E-state index contributed by atoms with van der Waals surface area (Å²) >= 11 is 3.00. The van der Waals surface area contributed by atoms with Crippen LogP contribution < -0.4 is 0 Å². The number of carbonyl (C=O) groups excluding carboxylic acids is 4. The van der Waals surface area contributed by atoms with Gasteiger partial charge in [0.2, 0.25) is 0 Å². The first-order chi connectivity index (χ1) is 16.8. The van der Waals surface area contributed by atoms with Gasteiger partial charge in [0, 0.05) is 47.1 Å². The van der Waals surface area contributed by atoms with Gasteiger partial charge in [-0.15, -0.1) is 22.7 Å². The second-order valence-electron chi connectivity index (χ2n) is 8.51. The molecular formula is C26H14N2O5S2. The zero-order chi connectivity index (χ0) is 24.2. The van der Waals surface area contributed by atoms with E-state index >= 15 is 0 Å². The number of hydrogen-bond acceptors (Lipinski definition) is 7. The Morgan fingerprint density at radius 3 is 1.43 bits per heavy atom. The second kappa shape index (κ2) is 6.74. The molecule has 5 heterocycles. The van der Waals surface area contributed by atoms with Gasteiger partial charge in [-0.1, -0.05) is 24.3 Å². The molecular weight excluding hydrogens is 484 g/mol. The Hall–Kier alpha value is -4.08. The number of thiophene rings is 2. The zero-order valence-electron chi connectivity index (χ0n) is 18.4. The van der Waals surface area contributed by atoms with E-state index in [9.17, 15) is 19.2 Å². The molecule has 0 atom stereocenters. The number of amides is 4. The molecule has 0 saturated carbocycles. The van der Waals surface area contributed by atoms with Crippen molar-refractivity contribution < 1.29 is 23.6 Å². The quantitative estimate of drug-likeness (QED) is 0.300. The molecule has 0 unspecified atom stereocenters. The Balaban J connectivity index is 1.38. The second-order valence-corrected chi connectivity index (χ2v) is 10.6. The standard InChI is InChI=1S/C26H14N2O5S2/c1-27-23(29)13-7-3-5-11(19(13)25(27)31)17-9-15-21(34-17)22-16(33-15)10-18(35-22)12-6-4-8-14-20(12)26(32)28(2)24(14)30/h3-10H,1-2H3. The summed E-state index contributed by atoms with van der Waals surface area (Å²) in [6.45, 7) is 0. The maximum atomic E-state index is 12.7. The Kier molecular flexibility index (Phi) is 3.91. The summed E-state index contributed by atoms with van der Waals surface area (Å²) < 4.78 is 7.99. The predicted octanol–water partition coefficient (Wildman–Crippen LogP) is 5.49. The van der Waals surface area contributed by atoms with Gasteiger partial charge in [-0.05, 0) is 12.1 Å². The number of fused-ring (bicyclic) bond motifs is 5. The van der Waals surface area contributed by atoms with Crippen LogP contribution in [-0.2, 0) is 0 Å². The van der Waals surface area contributed by atoms with Crippen LogP contribution in [0.25, 0.3) is 41.4 Å². The van der Waals surface area contributed by atoms with E-state index in [1.165, 1.54) is 36.8 Å². The maximum absolute atomic E-state index is 12.7. The van der Waals surface area contributed by atoms with Gasteiger partial charge in [0.05, 0.1) is 31.7 Å². The third-order valence-electron chi connectivity index (χ3n) is 6.59. The number of carbonyl (C=O) groups is 4. The minimum Gasteiger partial charge on any atom is -0.454 e. The van der Waals surface area contributed by atoms with Gasteiger partial charge in [-0.3, -0.25) is 29.0 Å². The minimum atomic E-state index is -0.309. The lowest BCUT2D eigenvalue weighted by Crippen LogP contribution is -2.24. The van der Waals surface area contributed by atoms with E-state index in [0.29, 0.717) is 44.5 Å². The van der Waals surface area contributed by atoms with Crippen LogP contribution in [0.3, 0.4) is 0 Å². The first kappa shape index (κ1) is 20.3. The summed E-state index contributed by atoms with van der Waals surface area (Å²) in [5.41, 5.74) is 4.46. The number of furan rings is 1. The molecule has 0 radical (unpaired) electrons. The van der Waals surface area contributed by atoms with Crippen molar-refractivity contribution in [1.29, 1.82) is 0 Å². The molecule has 7 nitrogen and oxygen atoms in total. The number of rotatable bonds is 2. The van der Waals surface area contributed by atoms with Crippen LogP contribution in [0.2, 0.25) is 0 Å². The molecule has 5 aromatic rings. The van der Waals surface area contributed by atoms with Crippen molar-refractivity contribution in [3.05, 3.63) is 70.8 Å². The average Bonchev–Trinajstić information content (AvgIpc) is 3.62. The fraction of sp³-hybridized carbons (Fsp3) is 0.0769. The summed E-state index contributed by atoms with van der Waals surface area (Å²) in [7, 11) is 2.98. The van der Waals surface area contributed by atoms with Gasteiger partial charge in [0.15, 0.2) is 0 Å². The Morgan fingerprint density at radius 2 is 1.00 bits per heavy atom. The number of hydrogen-bond donors (Lipinski definition) is 0. The van der Waals surface area contributed by atoms with Gasteiger partial charge in [0.1, 0.15) is 11.2 Å². The molecule has 2 aromatic carbocycles. The van der Waals surface area contributed by atoms with Crippen LogP contribution in [0.4, 0.5) is 0 Å². The molecule has 0 bridgehead atoms. The van der Waals surface area contributed by atoms with E-state index in [2.05, 4.69) is 0 Å². The fourth-order valence-electron chi connectivity index (χ4n) is 4.81. The minimum absolute atomic E-state index is 0.300. The smallest absolute Gasteiger partial charge is 0.261 e. The third kappa shape index (κ3) is 2.53. The number of benzene rings is 2. The molecule has 170 valence electrons. The van der Waals surface area contributed by atoms with E-state index in [1.54, 1.807) is 24.3 Å². The van der Waals surface area contributed by atoms with Crippen LogP contribution in [0.1, 0.15) is 41.4 Å². The van der Waals surface area contributed by atoms with Crippen molar-refractivity contribution in [3.8, 4) is 20.9 Å². The SMILES string of the molecule is CN1C(=O)c2cccc(-c3cc4oc5cc(-c6cccc7c6C(=O)N(C)C7=O)sc5c4s3)c2C1=O. The monoisotopic (exact) mass is 498 g/mol. The number of nitrogens with zero attached hydrogens (tertiary/aromatic N) is 2. The highest BCUT2D eigenvalue weighted by atomic mass is 32.1. The molecule has 35 heavy (non-hydrogen) atoms. The lowest BCUT2D eigenvalue weighted by Gasteiger charge is -2.05. The average molecular weight is 499 g/mol. The van der Waals surface area contributed by atoms with E-state index < -0.39 is 0 Å². The predicted molar refractivity (Wildman–Crippen MR) is 133 cm³/mol. The van der Waals surface area contributed by atoms with E-state index in [0.717, 1.165) is 29.0 Å². The molecule has 9 heteroatoms. The zero-order valence-corrected chi connectivity index (χ0v) is 20.0. The third-order valence-corrected chi connectivity index (χ3v) is 9.05. The van der Waals surface area contributed by atoms with Crippen molar-refractivity contribution in [2.45, 2.75) is 0 Å².